The number of nitrogens with two attached hydrogens (primary N) is 1. The Kier molecular flexibility index (Phi) is 7.02. The molecule has 0 aliphatic heterocycles. The van der Waals surface area contributed by atoms with Crippen LogP contribution in [0.4, 0.5) is 0 Å². The van der Waals surface area contributed by atoms with E-state index in [-0.39, 0.29) is 17.5 Å². The summed E-state index contributed by atoms with van der Waals surface area (Å²) in [5, 5.41) is 19.2. The summed E-state index contributed by atoms with van der Waals surface area (Å²) < 4.78 is 28.8. The molecule has 2 aromatic rings. The van der Waals surface area contributed by atoms with Crippen molar-refractivity contribution in [3.63, 3.8) is 0 Å². The summed E-state index contributed by atoms with van der Waals surface area (Å²) in [4.78, 5) is 0.0177. The zero-order valence-electron chi connectivity index (χ0n) is 14.6. The number of ether oxygens (including phenoxy) is 1. The zero-order valence-corrected chi connectivity index (χ0v) is 16.2. The molecule has 0 heterocycles. The maximum Gasteiger partial charge on any atom is 0.238 e. The minimum Gasteiger partial charge on any atom is -0.490 e. The van der Waals surface area contributed by atoms with Gasteiger partial charge in [-0.25, -0.2) is 13.6 Å². The minimum absolute atomic E-state index is 0.0177. The first kappa shape index (κ1) is 20.7. The lowest BCUT2D eigenvalue weighted by Crippen LogP contribution is -2.35. The van der Waals surface area contributed by atoms with Crippen LogP contribution in [0.25, 0.3) is 0 Å². The Bertz CT molecular complexity index is 858. The Morgan fingerprint density at radius 1 is 1.27 bits per heavy atom. The van der Waals surface area contributed by atoms with E-state index in [0.29, 0.717) is 28.5 Å². The summed E-state index contributed by atoms with van der Waals surface area (Å²) in [5.41, 5.74) is 1.02. The number of nitrogens with one attached hydrogen (secondary N) is 1. The van der Waals surface area contributed by atoms with Crippen LogP contribution in [-0.2, 0) is 10.0 Å². The predicted octanol–water partition coefficient (Wildman–Crippen LogP) is 2.39. The largest absolute Gasteiger partial charge is 0.490 e. The molecule has 2 unspecified atom stereocenters. The maximum atomic E-state index is 11.6. The molecule has 0 aromatic heterocycles. The number of sulfonamides is 1. The number of halogens is 1. The lowest BCUT2D eigenvalue weighted by molar-refractivity contribution is 0.163. The molecule has 0 saturated carbocycles. The number of aliphatic hydroxyl groups is 1. The molecule has 0 fully saturated rings. The molecular weight excluding hydrogens is 376 g/mol. The average Bonchev–Trinajstić information content (AvgIpc) is 2.58. The first-order valence-corrected chi connectivity index (χ1v) is 10.0. The topological polar surface area (TPSA) is 102 Å². The predicted molar refractivity (Wildman–Crippen MR) is 102 cm³/mol. The first-order chi connectivity index (χ1) is 12.2. The van der Waals surface area contributed by atoms with Crippen LogP contribution in [0, 0.1) is 6.92 Å². The summed E-state index contributed by atoms with van der Waals surface area (Å²) in [6, 6.07) is 11.9. The van der Waals surface area contributed by atoms with Gasteiger partial charge in [-0.2, -0.15) is 0 Å². The molecule has 0 saturated heterocycles. The van der Waals surface area contributed by atoms with Gasteiger partial charge in [0.05, 0.1) is 16.0 Å². The van der Waals surface area contributed by atoms with Crippen molar-refractivity contribution in [3.05, 3.63) is 58.6 Å². The highest BCUT2D eigenvalue weighted by molar-refractivity contribution is 7.89. The Labute approximate surface area is 159 Å². The molecule has 2 rings (SSSR count). The Balaban J connectivity index is 1.92. The van der Waals surface area contributed by atoms with Crippen LogP contribution in [0.5, 0.6) is 5.75 Å². The summed E-state index contributed by atoms with van der Waals surface area (Å²) in [7, 11) is -3.83. The van der Waals surface area contributed by atoms with Gasteiger partial charge in [-0.15, -0.1) is 0 Å². The molecule has 2 atom stereocenters. The van der Waals surface area contributed by atoms with Crippen LogP contribution in [-0.4, -0.2) is 32.7 Å². The lowest BCUT2D eigenvalue weighted by atomic mass is 10.1. The fourth-order valence-electron chi connectivity index (χ4n) is 2.40. The Morgan fingerprint density at radius 3 is 2.62 bits per heavy atom. The second-order valence-corrected chi connectivity index (χ2v) is 8.07. The van der Waals surface area contributed by atoms with Gasteiger partial charge in [0, 0.05) is 12.6 Å². The summed E-state index contributed by atoms with van der Waals surface area (Å²) >= 11 is 6.03. The van der Waals surface area contributed by atoms with Crippen LogP contribution < -0.4 is 15.2 Å². The zero-order chi connectivity index (χ0) is 19.3. The number of primary sulfonamides is 1. The normalized spacial score (nSPS) is 14.0. The van der Waals surface area contributed by atoms with Crippen molar-refractivity contribution in [1.82, 2.24) is 5.32 Å². The van der Waals surface area contributed by atoms with Gasteiger partial charge in [0.1, 0.15) is 12.4 Å². The van der Waals surface area contributed by atoms with Crippen molar-refractivity contribution in [2.45, 2.75) is 30.9 Å². The van der Waals surface area contributed by atoms with Gasteiger partial charge in [0.2, 0.25) is 10.0 Å². The van der Waals surface area contributed by atoms with Crippen LogP contribution in [0.1, 0.15) is 24.2 Å². The molecule has 0 radical (unpaired) electrons. The highest BCUT2D eigenvalue weighted by Gasteiger charge is 2.16. The fourth-order valence-corrected chi connectivity index (χ4v) is 3.40. The van der Waals surface area contributed by atoms with Crippen LogP contribution in [0.15, 0.2) is 47.4 Å². The molecule has 0 aliphatic carbocycles. The molecule has 142 valence electrons. The van der Waals surface area contributed by atoms with E-state index in [1.54, 1.807) is 31.2 Å². The number of rotatable bonds is 8. The van der Waals surface area contributed by atoms with Crippen molar-refractivity contribution in [1.29, 1.82) is 0 Å². The van der Waals surface area contributed by atoms with E-state index in [4.69, 9.17) is 21.5 Å². The van der Waals surface area contributed by atoms with E-state index in [2.05, 4.69) is 5.32 Å². The first-order valence-electron chi connectivity index (χ1n) is 8.10. The number of aliphatic hydroxyl groups excluding tert-OH is 1. The molecule has 26 heavy (non-hydrogen) atoms. The molecule has 0 spiro atoms. The number of para-hydroxylation sites is 1. The second kappa shape index (κ2) is 8.83. The molecule has 0 aliphatic rings. The van der Waals surface area contributed by atoms with E-state index < -0.39 is 16.1 Å². The van der Waals surface area contributed by atoms with E-state index >= 15 is 0 Å². The Hall–Kier alpha value is -1.64. The molecule has 8 heteroatoms. The molecule has 0 bridgehead atoms. The fraction of sp³-hybridized carbons (Fsp3) is 0.333. The smallest absolute Gasteiger partial charge is 0.238 e. The highest BCUT2D eigenvalue weighted by atomic mass is 35.5. The van der Waals surface area contributed by atoms with Crippen molar-refractivity contribution >= 4 is 21.6 Å². The summed E-state index contributed by atoms with van der Waals surface area (Å²) in [6.07, 6.45) is -0.876. The maximum absolute atomic E-state index is 11.6. The third-order valence-corrected chi connectivity index (χ3v) is 5.25. The average molecular weight is 399 g/mol. The van der Waals surface area contributed by atoms with Gasteiger partial charge >= 0.3 is 0 Å². The van der Waals surface area contributed by atoms with Crippen LogP contribution in [0.3, 0.4) is 0 Å². The lowest BCUT2D eigenvalue weighted by Gasteiger charge is -2.19. The van der Waals surface area contributed by atoms with Crippen molar-refractivity contribution < 1.29 is 18.3 Å². The minimum atomic E-state index is -3.83. The van der Waals surface area contributed by atoms with Crippen LogP contribution in [0.2, 0.25) is 5.02 Å². The Morgan fingerprint density at radius 2 is 1.96 bits per heavy atom. The van der Waals surface area contributed by atoms with Crippen molar-refractivity contribution in [2.24, 2.45) is 5.14 Å². The van der Waals surface area contributed by atoms with Gasteiger partial charge in [-0.3, -0.25) is 0 Å². The number of aryl methyl sites for hydroxylation is 1. The number of hydrogen-bond donors (Lipinski definition) is 3. The highest BCUT2D eigenvalue weighted by Crippen LogP contribution is 2.23. The molecule has 4 N–H and O–H groups in total. The van der Waals surface area contributed by atoms with E-state index in [1.165, 1.54) is 6.07 Å². The van der Waals surface area contributed by atoms with Gasteiger partial charge in [0.15, 0.2) is 0 Å². The standard InChI is InChI=1S/C18H23ClN2O4S/c1-12-7-8-14(9-18(12)26(20,23)24)16(22)10-21-13(2)11-25-17-6-4-3-5-15(17)19/h3-9,13,16,21-22H,10-11H2,1-2H3,(H2,20,23,24). The van der Waals surface area contributed by atoms with Gasteiger partial charge < -0.3 is 15.2 Å². The molecule has 2 aromatic carbocycles. The van der Waals surface area contributed by atoms with Gasteiger partial charge in [-0.1, -0.05) is 35.9 Å². The SMILES string of the molecule is Cc1ccc(C(O)CNC(C)COc2ccccc2Cl)cc1S(N)(=O)=O. The van der Waals surface area contributed by atoms with Gasteiger partial charge in [-0.05, 0) is 43.2 Å². The molecular formula is C18H23ClN2O4S. The van der Waals surface area contributed by atoms with Crippen LogP contribution >= 0.6 is 11.6 Å². The van der Waals surface area contributed by atoms with E-state index in [1.807, 2.05) is 19.1 Å². The molecule has 0 amide bonds. The third kappa shape index (κ3) is 5.69. The number of hydrogen-bond acceptors (Lipinski definition) is 5. The van der Waals surface area contributed by atoms with E-state index in [9.17, 15) is 13.5 Å². The molecule has 6 nitrogen and oxygen atoms in total. The van der Waals surface area contributed by atoms with Gasteiger partial charge in [0.25, 0.3) is 0 Å². The monoisotopic (exact) mass is 398 g/mol. The number of benzene rings is 2. The quantitative estimate of drug-likeness (QED) is 0.633. The van der Waals surface area contributed by atoms with Crippen molar-refractivity contribution in [3.8, 4) is 5.75 Å². The second-order valence-electron chi connectivity index (χ2n) is 6.14. The van der Waals surface area contributed by atoms with E-state index in [0.717, 1.165) is 0 Å². The summed E-state index contributed by atoms with van der Waals surface area (Å²) in [5.74, 6) is 0.597. The third-order valence-electron chi connectivity index (χ3n) is 3.89. The summed E-state index contributed by atoms with van der Waals surface area (Å²) in [6.45, 7) is 4.17. The van der Waals surface area contributed by atoms with Crippen molar-refractivity contribution in [2.75, 3.05) is 13.2 Å².